The number of nitrogens with zero attached hydrogens (tertiary/aromatic N) is 2. The number of ether oxygens (including phenoxy) is 2. The second kappa shape index (κ2) is 11.2. The van der Waals surface area contributed by atoms with E-state index >= 15 is 0 Å². The molecule has 0 saturated carbocycles. The molecule has 2 amide bonds. The summed E-state index contributed by atoms with van der Waals surface area (Å²) < 4.78 is 10.5. The van der Waals surface area contributed by atoms with Crippen LogP contribution in [0.1, 0.15) is 15.9 Å². The first-order valence-corrected chi connectivity index (χ1v) is 11.5. The highest BCUT2D eigenvalue weighted by Crippen LogP contribution is 2.24. The number of piperazine rings is 1. The largest absolute Gasteiger partial charge is 0.497 e. The van der Waals surface area contributed by atoms with Gasteiger partial charge in [-0.2, -0.15) is 0 Å². The molecule has 0 bridgehead atoms. The number of benzene rings is 3. The number of anilines is 2. The third kappa shape index (κ3) is 6.20. The van der Waals surface area contributed by atoms with Crippen LogP contribution in [0, 0.1) is 0 Å². The van der Waals surface area contributed by atoms with Crippen LogP contribution >= 0.6 is 0 Å². The second-order valence-corrected chi connectivity index (χ2v) is 8.16. The average molecular weight is 472 g/mol. The van der Waals surface area contributed by atoms with Gasteiger partial charge >= 0.3 is 0 Å². The number of hydrogen-bond donors (Lipinski definition) is 1. The topological polar surface area (TPSA) is 71.1 Å². The van der Waals surface area contributed by atoms with E-state index in [1.807, 2.05) is 65.6 Å². The predicted octanol–water partition coefficient (Wildman–Crippen LogP) is 4.32. The molecule has 4 rings (SSSR count). The summed E-state index contributed by atoms with van der Waals surface area (Å²) in [7, 11) is 3.10. The number of rotatable bonds is 7. The Balaban J connectivity index is 1.31. The fourth-order valence-electron chi connectivity index (χ4n) is 3.92. The molecule has 0 spiro atoms. The highest BCUT2D eigenvalue weighted by molar-refractivity contribution is 6.04. The molecular formula is C28H29N3O4. The molecular weight excluding hydrogens is 442 g/mol. The average Bonchev–Trinajstić information content (AvgIpc) is 2.92. The molecule has 0 atom stereocenters. The summed E-state index contributed by atoms with van der Waals surface area (Å²) in [5.74, 6) is 0.891. The lowest BCUT2D eigenvalue weighted by Crippen LogP contribution is -2.48. The molecule has 7 heteroatoms. The Morgan fingerprint density at radius 1 is 0.829 bits per heavy atom. The van der Waals surface area contributed by atoms with Gasteiger partial charge < -0.3 is 24.6 Å². The third-order valence-corrected chi connectivity index (χ3v) is 5.91. The summed E-state index contributed by atoms with van der Waals surface area (Å²) >= 11 is 0. The van der Waals surface area contributed by atoms with E-state index in [0.29, 0.717) is 35.8 Å². The molecule has 1 aliphatic heterocycles. The molecule has 1 fully saturated rings. The highest BCUT2D eigenvalue weighted by Gasteiger charge is 2.20. The fourth-order valence-corrected chi connectivity index (χ4v) is 3.92. The SMILES string of the molecule is COc1cc(OC)cc(C(=O)Nc2ccc(N3CCN(C(=O)/C=C/c4ccccc4)CC3)cc2)c1. The van der Waals surface area contributed by atoms with Crippen molar-refractivity contribution in [3.05, 3.63) is 90.0 Å². The van der Waals surface area contributed by atoms with Crippen LogP contribution in [-0.2, 0) is 4.79 Å². The second-order valence-electron chi connectivity index (χ2n) is 8.16. The number of nitrogens with one attached hydrogen (secondary N) is 1. The monoisotopic (exact) mass is 471 g/mol. The molecule has 0 unspecified atom stereocenters. The first-order valence-electron chi connectivity index (χ1n) is 11.5. The Morgan fingerprint density at radius 3 is 2.06 bits per heavy atom. The van der Waals surface area contributed by atoms with Crippen molar-refractivity contribution in [2.45, 2.75) is 0 Å². The standard InChI is InChI=1S/C28H29N3O4/c1-34-25-18-22(19-26(20-25)35-2)28(33)29-23-9-11-24(12-10-23)30-14-16-31(17-15-30)27(32)13-8-21-6-4-3-5-7-21/h3-13,18-20H,14-17H2,1-2H3,(H,29,33)/b13-8+. The van der Waals surface area contributed by atoms with E-state index < -0.39 is 0 Å². The third-order valence-electron chi connectivity index (χ3n) is 5.91. The van der Waals surface area contributed by atoms with Crippen molar-refractivity contribution in [2.24, 2.45) is 0 Å². The van der Waals surface area contributed by atoms with Crippen LogP contribution in [0.4, 0.5) is 11.4 Å². The van der Waals surface area contributed by atoms with Gasteiger partial charge in [0.25, 0.3) is 5.91 Å². The lowest BCUT2D eigenvalue weighted by atomic mass is 10.1. The van der Waals surface area contributed by atoms with Crippen LogP contribution in [0.5, 0.6) is 11.5 Å². The van der Waals surface area contributed by atoms with Crippen LogP contribution in [0.3, 0.4) is 0 Å². The van der Waals surface area contributed by atoms with Gasteiger partial charge in [0, 0.05) is 55.3 Å². The highest BCUT2D eigenvalue weighted by atomic mass is 16.5. The predicted molar refractivity (Wildman–Crippen MR) is 138 cm³/mol. The van der Waals surface area contributed by atoms with Crippen LogP contribution in [0.2, 0.25) is 0 Å². The maximum absolute atomic E-state index is 12.7. The van der Waals surface area contributed by atoms with Crippen LogP contribution in [-0.4, -0.2) is 57.1 Å². The van der Waals surface area contributed by atoms with Gasteiger partial charge in [-0.25, -0.2) is 0 Å². The Labute approximate surface area is 205 Å². The van der Waals surface area contributed by atoms with Gasteiger partial charge in [0.2, 0.25) is 5.91 Å². The zero-order valence-electron chi connectivity index (χ0n) is 19.9. The summed E-state index contributed by atoms with van der Waals surface area (Å²) in [6.07, 6.45) is 3.49. The van der Waals surface area contributed by atoms with Crippen LogP contribution < -0.4 is 19.7 Å². The molecule has 1 heterocycles. The van der Waals surface area contributed by atoms with Gasteiger partial charge in [0.05, 0.1) is 14.2 Å². The molecule has 0 radical (unpaired) electrons. The van der Waals surface area contributed by atoms with E-state index in [4.69, 9.17) is 9.47 Å². The minimum Gasteiger partial charge on any atom is -0.497 e. The van der Waals surface area contributed by atoms with Crippen molar-refractivity contribution in [3.63, 3.8) is 0 Å². The van der Waals surface area contributed by atoms with E-state index in [9.17, 15) is 9.59 Å². The maximum atomic E-state index is 12.7. The number of methoxy groups -OCH3 is 2. The first-order chi connectivity index (χ1) is 17.1. The van der Waals surface area contributed by atoms with E-state index in [1.165, 1.54) is 0 Å². The first kappa shape index (κ1) is 23.9. The molecule has 1 aliphatic rings. The summed E-state index contributed by atoms with van der Waals surface area (Å²) in [5.41, 5.74) is 3.21. The Hall–Kier alpha value is -4.26. The number of amides is 2. The molecule has 0 aliphatic carbocycles. The Bertz CT molecular complexity index is 1160. The maximum Gasteiger partial charge on any atom is 0.255 e. The van der Waals surface area contributed by atoms with Crippen molar-refractivity contribution in [1.29, 1.82) is 0 Å². The summed E-state index contributed by atoms with van der Waals surface area (Å²) in [5, 5.41) is 2.91. The number of carbonyl (C=O) groups is 2. The van der Waals surface area contributed by atoms with E-state index in [1.54, 1.807) is 38.5 Å². The summed E-state index contributed by atoms with van der Waals surface area (Å²) in [6.45, 7) is 2.82. The van der Waals surface area contributed by atoms with Crippen LogP contribution in [0.15, 0.2) is 78.9 Å². The van der Waals surface area contributed by atoms with Gasteiger partial charge in [-0.1, -0.05) is 30.3 Å². The quantitative estimate of drug-likeness (QED) is 0.520. The summed E-state index contributed by atoms with van der Waals surface area (Å²) in [4.78, 5) is 29.3. The molecule has 180 valence electrons. The van der Waals surface area contributed by atoms with Crippen molar-refractivity contribution >= 4 is 29.3 Å². The van der Waals surface area contributed by atoms with E-state index in [2.05, 4.69) is 10.2 Å². The van der Waals surface area contributed by atoms with Crippen molar-refractivity contribution in [2.75, 3.05) is 50.6 Å². The van der Waals surface area contributed by atoms with Gasteiger partial charge in [0.1, 0.15) is 11.5 Å². The molecule has 3 aromatic rings. The number of carbonyl (C=O) groups excluding carboxylic acids is 2. The lowest BCUT2D eigenvalue weighted by molar-refractivity contribution is -0.126. The van der Waals surface area contributed by atoms with Crippen LogP contribution in [0.25, 0.3) is 6.08 Å². The van der Waals surface area contributed by atoms with E-state index in [0.717, 1.165) is 24.3 Å². The van der Waals surface area contributed by atoms with Crippen molar-refractivity contribution < 1.29 is 19.1 Å². The van der Waals surface area contributed by atoms with Gasteiger partial charge in [-0.3, -0.25) is 9.59 Å². The molecule has 7 nitrogen and oxygen atoms in total. The Morgan fingerprint density at radius 2 is 1.46 bits per heavy atom. The van der Waals surface area contributed by atoms with Gasteiger partial charge in [0.15, 0.2) is 0 Å². The van der Waals surface area contributed by atoms with E-state index in [-0.39, 0.29) is 11.8 Å². The minimum absolute atomic E-state index is 0.0285. The van der Waals surface area contributed by atoms with Crippen molar-refractivity contribution in [3.8, 4) is 11.5 Å². The molecule has 1 saturated heterocycles. The lowest BCUT2D eigenvalue weighted by Gasteiger charge is -2.35. The zero-order valence-corrected chi connectivity index (χ0v) is 19.9. The summed E-state index contributed by atoms with van der Waals surface area (Å²) in [6, 6.07) is 22.6. The fraction of sp³-hybridized carbons (Fsp3) is 0.214. The molecule has 35 heavy (non-hydrogen) atoms. The normalized spacial score (nSPS) is 13.5. The van der Waals surface area contributed by atoms with Gasteiger partial charge in [-0.05, 0) is 48.0 Å². The smallest absolute Gasteiger partial charge is 0.255 e. The van der Waals surface area contributed by atoms with Gasteiger partial charge in [-0.15, -0.1) is 0 Å². The molecule has 1 N–H and O–H groups in total. The number of hydrogen-bond acceptors (Lipinski definition) is 5. The van der Waals surface area contributed by atoms with Crippen molar-refractivity contribution in [1.82, 2.24) is 4.90 Å². The molecule has 0 aromatic heterocycles. The molecule has 3 aromatic carbocycles. The minimum atomic E-state index is -0.245. The zero-order chi connectivity index (χ0) is 24.6. The Kier molecular flexibility index (Phi) is 7.67.